The maximum atomic E-state index is 3.72. The van der Waals surface area contributed by atoms with Gasteiger partial charge in [-0.05, 0) is 89.1 Å². The van der Waals surface area contributed by atoms with Gasteiger partial charge in [0.2, 0.25) is 0 Å². The first-order chi connectivity index (χ1) is 9.74. The van der Waals surface area contributed by atoms with E-state index in [1.807, 2.05) is 0 Å². The largest absolute Gasteiger partial charge is 0.317 e. The molecule has 6 unspecified atom stereocenters. The lowest BCUT2D eigenvalue weighted by Gasteiger charge is -2.41. The van der Waals surface area contributed by atoms with E-state index in [0.717, 1.165) is 41.8 Å². The molecule has 2 heterocycles. The van der Waals surface area contributed by atoms with Crippen LogP contribution in [0.3, 0.4) is 0 Å². The van der Waals surface area contributed by atoms with Gasteiger partial charge in [0.05, 0.1) is 0 Å². The normalized spacial score (nSPS) is 48.9. The van der Waals surface area contributed by atoms with Crippen molar-refractivity contribution in [3.8, 4) is 0 Å². The fourth-order valence-corrected chi connectivity index (χ4v) is 6.32. The molecule has 0 spiro atoms. The van der Waals surface area contributed by atoms with E-state index in [0.29, 0.717) is 0 Å². The summed E-state index contributed by atoms with van der Waals surface area (Å²) >= 11 is 0. The number of nitrogens with one attached hydrogen (secondary N) is 1. The first kappa shape index (κ1) is 13.6. The van der Waals surface area contributed by atoms with Gasteiger partial charge in [-0.3, -0.25) is 0 Å². The van der Waals surface area contributed by atoms with Gasteiger partial charge in [-0.1, -0.05) is 6.42 Å². The summed E-state index contributed by atoms with van der Waals surface area (Å²) in [6.07, 6.45) is 13.5. The Kier molecular flexibility index (Phi) is 3.58. The Balaban J connectivity index is 1.39. The topological polar surface area (TPSA) is 15.3 Å². The van der Waals surface area contributed by atoms with E-state index in [1.165, 1.54) is 32.1 Å². The highest BCUT2D eigenvalue weighted by atomic mass is 15.2. The van der Waals surface area contributed by atoms with Crippen LogP contribution in [0.4, 0.5) is 0 Å². The number of hydrogen-bond donors (Lipinski definition) is 1. The Bertz CT molecular complexity index is 341. The third kappa shape index (κ3) is 2.23. The van der Waals surface area contributed by atoms with Gasteiger partial charge in [-0.2, -0.15) is 0 Å². The second kappa shape index (κ2) is 5.28. The van der Waals surface area contributed by atoms with Crippen molar-refractivity contribution in [1.82, 2.24) is 10.2 Å². The highest BCUT2D eigenvalue weighted by Gasteiger charge is 2.44. The van der Waals surface area contributed by atoms with Crippen LogP contribution in [0.1, 0.15) is 57.8 Å². The predicted octanol–water partition coefficient (Wildman–Crippen LogP) is 3.27. The third-order valence-electron chi connectivity index (χ3n) is 7.52. The molecule has 2 saturated heterocycles. The Morgan fingerprint density at radius 3 is 2.30 bits per heavy atom. The number of rotatable bonds is 4. The first-order valence-electron chi connectivity index (χ1n) is 9.13. The van der Waals surface area contributed by atoms with E-state index in [4.69, 9.17) is 0 Å². The first-order valence-corrected chi connectivity index (χ1v) is 9.13. The van der Waals surface area contributed by atoms with Crippen molar-refractivity contribution in [2.75, 3.05) is 14.1 Å². The minimum atomic E-state index is 0.802. The number of nitrogens with zero attached hydrogens (tertiary/aromatic N) is 1. The molecule has 0 aromatic rings. The highest BCUT2D eigenvalue weighted by Crippen LogP contribution is 2.51. The molecule has 2 heteroatoms. The lowest BCUT2D eigenvalue weighted by atomic mass is 9.77. The summed E-state index contributed by atoms with van der Waals surface area (Å²) in [5.41, 5.74) is 0. The standard InChI is InChI=1S/C18H32N2/c1-19-18(11-14-8-12-3-4-13(14)7-12)15-9-16-5-6-17(10-15)20(16)2/h12-19H,3-11H2,1-2H3. The fourth-order valence-electron chi connectivity index (χ4n) is 6.32. The summed E-state index contributed by atoms with van der Waals surface area (Å²) in [4.78, 5) is 2.68. The molecular formula is C18H32N2. The zero-order valence-corrected chi connectivity index (χ0v) is 13.4. The van der Waals surface area contributed by atoms with Crippen molar-refractivity contribution >= 4 is 0 Å². The zero-order chi connectivity index (χ0) is 13.7. The molecule has 0 aromatic heterocycles. The molecule has 1 N–H and O–H groups in total. The molecule has 2 saturated carbocycles. The van der Waals surface area contributed by atoms with Crippen LogP contribution < -0.4 is 5.32 Å². The van der Waals surface area contributed by atoms with E-state index in [1.54, 1.807) is 25.7 Å². The SMILES string of the molecule is CNC(CC1CC2CCC1C2)C1CC2CCC(C1)N2C. The third-order valence-corrected chi connectivity index (χ3v) is 7.52. The van der Waals surface area contributed by atoms with Crippen LogP contribution in [0.15, 0.2) is 0 Å². The van der Waals surface area contributed by atoms with E-state index >= 15 is 0 Å². The monoisotopic (exact) mass is 276 g/mol. The van der Waals surface area contributed by atoms with Crippen molar-refractivity contribution in [2.24, 2.45) is 23.7 Å². The molecule has 4 fully saturated rings. The van der Waals surface area contributed by atoms with Crippen LogP contribution in [0.5, 0.6) is 0 Å². The van der Waals surface area contributed by atoms with Gasteiger partial charge in [0.25, 0.3) is 0 Å². The molecule has 0 aromatic carbocycles. The zero-order valence-electron chi connectivity index (χ0n) is 13.4. The lowest BCUT2D eigenvalue weighted by molar-refractivity contribution is 0.103. The van der Waals surface area contributed by atoms with E-state index in [9.17, 15) is 0 Å². The van der Waals surface area contributed by atoms with Gasteiger partial charge in [0.15, 0.2) is 0 Å². The summed E-state index contributed by atoms with van der Waals surface area (Å²) in [7, 11) is 4.58. The maximum absolute atomic E-state index is 3.72. The highest BCUT2D eigenvalue weighted by molar-refractivity contribution is 4.98. The van der Waals surface area contributed by atoms with Crippen LogP contribution in [-0.4, -0.2) is 37.1 Å². The quantitative estimate of drug-likeness (QED) is 0.848. The van der Waals surface area contributed by atoms with Crippen LogP contribution in [0.25, 0.3) is 0 Å². The van der Waals surface area contributed by atoms with Gasteiger partial charge in [0.1, 0.15) is 0 Å². The summed E-state index contributed by atoms with van der Waals surface area (Å²) < 4.78 is 0. The molecule has 4 aliphatic rings. The van der Waals surface area contributed by atoms with Crippen LogP contribution in [-0.2, 0) is 0 Å². The molecule has 2 aliphatic carbocycles. The van der Waals surface area contributed by atoms with Crippen LogP contribution in [0, 0.1) is 23.7 Å². The second-order valence-corrected chi connectivity index (χ2v) is 8.35. The summed E-state index contributed by atoms with van der Waals surface area (Å²) in [5, 5.41) is 3.72. The molecule has 4 bridgehead atoms. The molecule has 4 rings (SSSR count). The molecule has 0 radical (unpaired) electrons. The van der Waals surface area contributed by atoms with Gasteiger partial charge in [0, 0.05) is 18.1 Å². The molecule has 114 valence electrons. The second-order valence-electron chi connectivity index (χ2n) is 8.35. The van der Waals surface area contributed by atoms with Crippen molar-refractivity contribution in [2.45, 2.75) is 75.9 Å². The molecule has 6 atom stereocenters. The Labute approximate surface area is 124 Å². The Morgan fingerprint density at radius 1 is 1.00 bits per heavy atom. The number of fused-ring (bicyclic) bond motifs is 4. The smallest absolute Gasteiger partial charge is 0.00989 e. The number of hydrogen-bond acceptors (Lipinski definition) is 2. The minimum Gasteiger partial charge on any atom is -0.317 e. The van der Waals surface area contributed by atoms with Crippen molar-refractivity contribution in [1.29, 1.82) is 0 Å². The lowest BCUT2D eigenvalue weighted by Crippen LogP contribution is -2.47. The average Bonchev–Trinajstić information content (AvgIpc) is 3.10. The molecule has 20 heavy (non-hydrogen) atoms. The van der Waals surface area contributed by atoms with Gasteiger partial charge in [-0.25, -0.2) is 0 Å². The van der Waals surface area contributed by atoms with E-state index < -0.39 is 0 Å². The fraction of sp³-hybridized carbons (Fsp3) is 1.00. The van der Waals surface area contributed by atoms with E-state index in [-0.39, 0.29) is 0 Å². The summed E-state index contributed by atoms with van der Waals surface area (Å²) in [5.74, 6) is 4.21. The molecule has 2 nitrogen and oxygen atoms in total. The van der Waals surface area contributed by atoms with Crippen molar-refractivity contribution in [3.63, 3.8) is 0 Å². The molecular weight excluding hydrogens is 244 g/mol. The average molecular weight is 276 g/mol. The molecule has 0 amide bonds. The Hall–Kier alpha value is -0.0800. The van der Waals surface area contributed by atoms with Crippen LogP contribution in [0.2, 0.25) is 0 Å². The maximum Gasteiger partial charge on any atom is 0.00989 e. The van der Waals surface area contributed by atoms with Crippen LogP contribution >= 0.6 is 0 Å². The Morgan fingerprint density at radius 2 is 1.75 bits per heavy atom. The number of piperidine rings is 1. The predicted molar refractivity (Wildman–Crippen MR) is 83.7 cm³/mol. The summed E-state index contributed by atoms with van der Waals surface area (Å²) in [6, 6.07) is 2.60. The van der Waals surface area contributed by atoms with Crippen molar-refractivity contribution < 1.29 is 0 Å². The molecule has 2 aliphatic heterocycles. The van der Waals surface area contributed by atoms with Crippen molar-refractivity contribution in [3.05, 3.63) is 0 Å². The van der Waals surface area contributed by atoms with Gasteiger partial charge in [-0.15, -0.1) is 0 Å². The van der Waals surface area contributed by atoms with Gasteiger partial charge >= 0.3 is 0 Å². The van der Waals surface area contributed by atoms with E-state index in [2.05, 4.69) is 24.3 Å². The summed E-state index contributed by atoms with van der Waals surface area (Å²) in [6.45, 7) is 0. The minimum absolute atomic E-state index is 0.802. The van der Waals surface area contributed by atoms with Gasteiger partial charge < -0.3 is 10.2 Å².